The second kappa shape index (κ2) is 4.95. The molecule has 1 N–H and O–H groups in total. The van der Waals surface area contributed by atoms with Gasteiger partial charge in [-0.2, -0.15) is 0 Å². The lowest BCUT2D eigenvalue weighted by Crippen LogP contribution is -2.55. The Labute approximate surface area is 130 Å². The van der Waals surface area contributed by atoms with Crippen molar-refractivity contribution >= 4 is 11.9 Å². The molecule has 0 aromatic rings. The largest absolute Gasteiger partial charge is 0.465 e. The third kappa shape index (κ3) is 1.75. The van der Waals surface area contributed by atoms with Crippen LogP contribution >= 0.6 is 0 Å². The van der Waals surface area contributed by atoms with Crippen molar-refractivity contribution in [1.29, 1.82) is 0 Å². The Morgan fingerprint density at radius 1 is 1.55 bits per heavy atom. The molecule has 2 aliphatic carbocycles. The standard InChI is InChI=1S/C17H22O5/c1-4-21-14(18)13-15(19)22-17-8-6-5-7-12(17)11(10(2)3)9-16(13,17)20/h5-6,11-13,20H,2,4,7-9H2,1,3H3/t11?,12-,13?,16+,17-/m1/s1. The van der Waals surface area contributed by atoms with Crippen LogP contribution in [0.4, 0.5) is 0 Å². The van der Waals surface area contributed by atoms with Crippen LogP contribution in [-0.2, 0) is 19.1 Å². The molecular formula is C17H22O5. The Morgan fingerprint density at radius 3 is 2.91 bits per heavy atom. The van der Waals surface area contributed by atoms with E-state index >= 15 is 0 Å². The molecule has 0 amide bonds. The number of rotatable bonds is 3. The van der Waals surface area contributed by atoms with Gasteiger partial charge in [0, 0.05) is 12.3 Å². The maximum Gasteiger partial charge on any atom is 0.324 e. The van der Waals surface area contributed by atoms with Crippen LogP contribution in [0.3, 0.4) is 0 Å². The summed E-state index contributed by atoms with van der Waals surface area (Å²) < 4.78 is 10.7. The summed E-state index contributed by atoms with van der Waals surface area (Å²) in [6.07, 6.45) is 5.42. The molecule has 120 valence electrons. The minimum absolute atomic E-state index is 0.0278. The zero-order chi connectivity index (χ0) is 16.1. The summed E-state index contributed by atoms with van der Waals surface area (Å²) >= 11 is 0. The Bertz CT molecular complexity index is 565. The van der Waals surface area contributed by atoms with E-state index in [1.807, 2.05) is 19.1 Å². The fraction of sp³-hybridized carbons (Fsp3) is 0.647. The molecule has 5 nitrogen and oxygen atoms in total. The summed E-state index contributed by atoms with van der Waals surface area (Å²) in [5.74, 6) is -2.63. The number of esters is 2. The molecule has 3 rings (SSSR count). The molecule has 2 unspecified atom stereocenters. The van der Waals surface area contributed by atoms with Gasteiger partial charge in [0.1, 0.15) is 11.2 Å². The molecule has 5 heteroatoms. The van der Waals surface area contributed by atoms with Gasteiger partial charge >= 0.3 is 11.9 Å². The average Bonchev–Trinajstić information content (AvgIpc) is 2.81. The molecule has 5 atom stereocenters. The molecule has 1 heterocycles. The van der Waals surface area contributed by atoms with Gasteiger partial charge in [-0.05, 0) is 32.6 Å². The van der Waals surface area contributed by atoms with Gasteiger partial charge in [0.15, 0.2) is 5.92 Å². The number of allylic oxidation sites excluding steroid dienone is 2. The summed E-state index contributed by atoms with van der Waals surface area (Å²) in [6, 6.07) is 0. The monoisotopic (exact) mass is 306 g/mol. The Balaban J connectivity index is 2.07. The molecule has 22 heavy (non-hydrogen) atoms. The van der Waals surface area contributed by atoms with Gasteiger partial charge in [-0.15, -0.1) is 0 Å². The summed E-state index contributed by atoms with van der Waals surface area (Å²) in [5.41, 5.74) is -1.60. The average molecular weight is 306 g/mol. The first kappa shape index (κ1) is 15.3. The van der Waals surface area contributed by atoms with E-state index in [1.54, 1.807) is 6.92 Å². The Hall–Kier alpha value is -1.62. The van der Waals surface area contributed by atoms with Crippen molar-refractivity contribution in [3.8, 4) is 0 Å². The van der Waals surface area contributed by atoms with Gasteiger partial charge in [0.25, 0.3) is 0 Å². The quantitative estimate of drug-likeness (QED) is 0.488. The van der Waals surface area contributed by atoms with E-state index in [-0.39, 0.29) is 18.4 Å². The second-order valence-electron chi connectivity index (χ2n) is 6.59. The molecule has 1 saturated heterocycles. The van der Waals surface area contributed by atoms with E-state index in [0.717, 1.165) is 5.57 Å². The summed E-state index contributed by atoms with van der Waals surface area (Å²) in [4.78, 5) is 24.5. The molecule has 0 radical (unpaired) electrons. The van der Waals surface area contributed by atoms with E-state index < -0.39 is 29.1 Å². The molecule has 0 bridgehead atoms. The number of hydrogen-bond acceptors (Lipinski definition) is 5. The highest BCUT2D eigenvalue weighted by atomic mass is 16.6. The third-order valence-electron chi connectivity index (χ3n) is 5.48. The zero-order valence-corrected chi connectivity index (χ0v) is 13.0. The van der Waals surface area contributed by atoms with Crippen LogP contribution < -0.4 is 0 Å². The van der Waals surface area contributed by atoms with E-state index in [4.69, 9.17) is 9.47 Å². The van der Waals surface area contributed by atoms with E-state index in [1.165, 1.54) is 0 Å². The molecule has 1 aliphatic heterocycles. The first-order chi connectivity index (χ1) is 10.4. The summed E-state index contributed by atoms with van der Waals surface area (Å²) in [5, 5.41) is 11.3. The first-order valence-corrected chi connectivity index (χ1v) is 7.79. The van der Waals surface area contributed by atoms with Crippen LogP contribution in [0.25, 0.3) is 0 Å². The SMILES string of the molecule is C=C(C)C1C[C@]2(O)C(C(=O)OCC)C(=O)O[C@@]23CC=CC[C@H]13. The predicted octanol–water partition coefficient (Wildman–Crippen LogP) is 1.75. The van der Waals surface area contributed by atoms with Crippen molar-refractivity contribution in [3.05, 3.63) is 24.3 Å². The van der Waals surface area contributed by atoms with E-state index in [2.05, 4.69) is 6.58 Å². The lowest BCUT2D eigenvalue weighted by molar-refractivity contribution is -0.162. The van der Waals surface area contributed by atoms with Crippen LogP contribution in [-0.4, -0.2) is 34.9 Å². The topological polar surface area (TPSA) is 72.8 Å². The second-order valence-corrected chi connectivity index (χ2v) is 6.59. The maximum absolute atomic E-state index is 12.3. The van der Waals surface area contributed by atoms with Gasteiger partial charge in [-0.1, -0.05) is 24.3 Å². The first-order valence-electron chi connectivity index (χ1n) is 7.79. The van der Waals surface area contributed by atoms with Crippen LogP contribution in [0.15, 0.2) is 24.3 Å². The number of carbonyl (C=O) groups excluding carboxylic acids is 2. The minimum Gasteiger partial charge on any atom is -0.465 e. The van der Waals surface area contributed by atoms with Gasteiger partial charge in [0.2, 0.25) is 0 Å². The molecule has 1 spiro atoms. The van der Waals surface area contributed by atoms with E-state index in [0.29, 0.717) is 19.3 Å². The molecule has 0 aromatic carbocycles. The maximum atomic E-state index is 12.3. The highest BCUT2D eigenvalue weighted by Crippen LogP contribution is 2.62. The number of ether oxygens (including phenoxy) is 2. The van der Waals surface area contributed by atoms with Gasteiger partial charge < -0.3 is 14.6 Å². The van der Waals surface area contributed by atoms with Crippen molar-refractivity contribution in [3.63, 3.8) is 0 Å². The fourth-order valence-corrected chi connectivity index (χ4v) is 4.52. The molecular weight excluding hydrogens is 284 g/mol. The third-order valence-corrected chi connectivity index (χ3v) is 5.48. The van der Waals surface area contributed by atoms with Crippen molar-refractivity contribution in [2.75, 3.05) is 6.61 Å². The van der Waals surface area contributed by atoms with Crippen molar-refractivity contribution in [2.45, 2.75) is 44.3 Å². The smallest absolute Gasteiger partial charge is 0.324 e. The van der Waals surface area contributed by atoms with Crippen molar-refractivity contribution in [1.82, 2.24) is 0 Å². The highest BCUT2D eigenvalue weighted by Gasteiger charge is 2.76. The van der Waals surface area contributed by atoms with Crippen LogP contribution in [0, 0.1) is 17.8 Å². The highest BCUT2D eigenvalue weighted by molar-refractivity contribution is 5.99. The zero-order valence-electron chi connectivity index (χ0n) is 13.0. The van der Waals surface area contributed by atoms with Crippen molar-refractivity contribution in [2.24, 2.45) is 17.8 Å². The lowest BCUT2D eigenvalue weighted by Gasteiger charge is -2.40. The Morgan fingerprint density at radius 2 is 2.27 bits per heavy atom. The van der Waals surface area contributed by atoms with Gasteiger partial charge in [0.05, 0.1) is 6.61 Å². The normalized spacial score (nSPS) is 42.5. The minimum atomic E-state index is -1.52. The van der Waals surface area contributed by atoms with E-state index in [9.17, 15) is 14.7 Å². The molecule has 2 fully saturated rings. The summed E-state index contributed by atoms with van der Waals surface area (Å²) in [6.45, 7) is 7.78. The Kier molecular flexibility index (Phi) is 3.44. The van der Waals surface area contributed by atoms with Crippen LogP contribution in [0.1, 0.15) is 33.1 Å². The lowest BCUT2D eigenvalue weighted by atomic mass is 9.70. The number of carbonyl (C=O) groups is 2. The molecule has 1 saturated carbocycles. The predicted molar refractivity (Wildman–Crippen MR) is 78.7 cm³/mol. The number of aliphatic hydroxyl groups is 1. The van der Waals surface area contributed by atoms with Crippen LogP contribution in [0.5, 0.6) is 0 Å². The molecule has 0 aromatic heterocycles. The summed E-state index contributed by atoms with van der Waals surface area (Å²) in [7, 11) is 0. The van der Waals surface area contributed by atoms with Gasteiger partial charge in [-0.25, -0.2) is 0 Å². The van der Waals surface area contributed by atoms with Gasteiger partial charge in [-0.3, -0.25) is 9.59 Å². The fourth-order valence-electron chi connectivity index (χ4n) is 4.52. The number of hydrogen-bond donors (Lipinski definition) is 1. The van der Waals surface area contributed by atoms with Crippen molar-refractivity contribution < 1.29 is 24.2 Å². The molecule has 3 aliphatic rings. The van der Waals surface area contributed by atoms with Crippen LogP contribution in [0.2, 0.25) is 0 Å².